The lowest BCUT2D eigenvalue weighted by molar-refractivity contribution is 1.06. The Morgan fingerprint density at radius 1 is 1.31 bits per heavy atom. The van der Waals surface area contributed by atoms with Crippen LogP contribution >= 0.6 is 11.3 Å². The molecule has 0 nitrogen and oxygen atoms in total. The molecule has 0 saturated heterocycles. The van der Waals surface area contributed by atoms with Crippen LogP contribution < -0.4 is 0 Å². The molecule has 2 aromatic rings. The molecule has 0 spiro atoms. The van der Waals surface area contributed by atoms with E-state index in [1.54, 1.807) is 0 Å². The third-order valence-corrected chi connectivity index (χ3v) is 3.17. The Morgan fingerprint density at radius 2 is 2.15 bits per heavy atom. The van der Waals surface area contributed by atoms with E-state index in [-0.39, 0.29) is 0 Å². The van der Waals surface area contributed by atoms with Gasteiger partial charge in [-0.15, -0.1) is 23.7 Å². The normalized spacial score (nSPS) is 10.1. The van der Waals surface area contributed by atoms with Crippen molar-refractivity contribution < 1.29 is 0 Å². The van der Waals surface area contributed by atoms with Gasteiger partial charge in [0.05, 0.1) is 0 Å². The Balaban J connectivity index is 2.34. The lowest BCUT2D eigenvalue weighted by Crippen LogP contribution is -1.74. The first kappa shape index (κ1) is 8.34. The highest BCUT2D eigenvalue weighted by Gasteiger charge is 1.99. The average Bonchev–Trinajstić information content (AvgIpc) is 2.57. The van der Waals surface area contributed by atoms with Crippen molar-refractivity contribution in [2.75, 3.05) is 0 Å². The van der Waals surface area contributed by atoms with Crippen LogP contribution in [0.5, 0.6) is 0 Å². The predicted octanol–water partition coefficient (Wildman–Crippen LogP) is 3.47. The van der Waals surface area contributed by atoms with Crippen LogP contribution in [0, 0.1) is 12.3 Å². The molecule has 0 fully saturated rings. The molecule has 0 bridgehead atoms. The van der Waals surface area contributed by atoms with E-state index < -0.39 is 0 Å². The molecule has 13 heavy (non-hydrogen) atoms. The van der Waals surface area contributed by atoms with E-state index in [0.717, 1.165) is 12.8 Å². The summed E-state index contributed by atoms with van der Waals surface area (Å²) in [4.78, 5) is 1.39. The van der Waals surface area contributed by atoms with Crippen molar-refractivity contribution in [1.82, 2.24) is 0 Å². The lowest BCUT2D eigenvalue weighted by atomic mass is 10.2. The Bertz CT molecular complexity index is 412. The molecule has 0 saturated carbocycles. The minimum Gasteiger partial charge on any atom is -0.140 e. The highest BCUT2D eigenvalue weighted by molar-refractivity contribution is 7.19. The largest absolute Gasteiger partial charge is 0.140 e. The van der Waals surface area contributed by atoms with Gasteiger partial charge in [-0.05, 0) is 23.9 Å². The summed E-state index contributed by atoms with van der Waals surface area (Å²) < 4.78 is 1.36. The molecule has 0 aliphatic rings. The van der Waals surface area contributed by atoms with Crippen molar-refractivity contribution >= 4 is 21.4 Å². The van der Waals surface area contributed by atoms with Gasteiger partial charge in [0.15, 0.2) is 0 Å². The Labute approximate surface area is 82.2 Å². The van der Waals surface area contributed by atoms with Crippen LogP contribution in [-0.2, 0) is 6.42 Å². The van der Waals surface area contributed by atoms with Crippen molar-refractivity contribution in [3.05, 3.63) is 35.2 Å². The molecule has 1 aromatic heterocycles. The van der Waals surface area contributed by atoms with Crippen LogP contribution in [-0.4, -0.2) is 0 Å². The van der Waals surface area contributed by atoms with Crippen molar-refractivity contribution in [3.8, 4) is 12.3 Å². The molecular formula is C12H10S. The maximum absolute atomic E-state index is 5.23. The standard InChI is InChI=1S/C12H10S/c1-2-3-7-11-9-10-6-4-5-8-12(10)13-11/h1,4-6,8-9H,3,7H2. The third kappa shape index (κ3) is 1.74. The van der Waals surface area contributed by atoms with Gasteiger partial charge in [-0.1, -0.05) is 18.2 Å². The van der Waals surface area contributed by atoms with E-state index in [1.165, 1.54) is 15.0 Å². The Hall–Kier alpha value is -1.26. The van der Waals surface area contributed by atoms with E-state index in [4.69, 9.17) is 6.42 Å². The van der Waals surface area contributed by atoms with Crippen molar-refractivity contribution in [2.45, 2.75) is 12.8 Å². The molecule has 1 aromatic carbocycles. The molecule has 0 amide bonds. The van der Waals surface area contributed by atoms with Gasteiger partial charge in [0.1, 0.15) is 0 Å². The van der Waals surface area contributed by atoms with Crippen molar-refractivity contribution in [3.63, 3.8) is 0 Å². The van der Waals surface area contributed by atoms with Crippen LogP contribution in [0.4, 0.5) is 0 Å². The van der Waals surface area contributed by atoms with Crippen LogP contribution in [0.3, 0.4) is 0 Å². The molecule has 0 N–H and O–H groups in total. The Morgan fingerprint density at radius 3 is 2.92 bits per heavy atom. The summed E-state index contributed by atoms with van der Waals surface area (Å²) in [5, 5.41) is 1.33. The van der Waals surface area contributed by atoms with Gasteiger partial charge in [-0.2, -0.15) is 0 Å². The second-order valence-corrected chi connectivity index (χ2v) is 4.12. The zero-order valence-electron chi connectivity index (χ0n) is 7.29. The first-order chi connectivity index (χ1) is 6.40. The maximum atomic E-state index is 5.23. The minimum absolute atomic E-state index is 0.840. The van der Waals surface area contributed by atoms with Gasteiger partial charge in [-0.3, -0.25) is 0 Å². The summed E-state index contributed by atoms with van der Waals surface area (Å²) >= 11 is 1.84. The summed E-state index contributed by atoms with van der Waals surface area (Å²) in [6.45, 7) is 0. The zero-order valence-corrected chi connectivity index (χ0v) is 8.10. The summed E-state index contributed by atoms with van der Waals surface area (Å²) in [5.74, 6) is 2.67. The first-order valence-corrected chi connectivity index (χ1v) is 5.13. The summed E-state index contributed by atoms with van der Waals surface area (Å²) in [5.41, 5.74) is 0. The zero-order chi connectivity index (χ0) is 9.10. The monoisotopic (exact) mass is 186 g/mol. The number of aryl methyl sites for hydroxylation is 1. The van der Waals surface area contributed by atoms with E-state index >= 15 is 0 Å². The molecule has 0 unspecified atom stereocenters. The van der Waals surface area contributed by atoms with E-state index in [0.29, 0.717) is 0 Å². The number of hydrogen-bond donors (Lipinski definition) is 0. The van der Waals surface area contributed by atoms with Crippen LogP contribution in [0.15, 0.2) is 30.3 Å². The molecule has 1 heterocycles. The van der Waals surface area contributed by atoms with Crippen molar-refractivity contribution in [2.24, 2.45) is 0 Å². The molecular weight excluding hydrogens is 176 g/mol. The minimum atomic E-state index is 0.840. The number of fused-ring (bicyclic) bond motifs is 1. The van der Waals surface area contributed by atoms with Gasteiger partial charge in [-0.25, -0.2) is 0 Å². The van der Waals surface area contributed by atoms with Gasteiger partial charge in [0.25, 0.3) is 0 Å². The fourth-order valence-corrected chi connectivity index (χ4v) is 2.42. The van der Waals surface area contributed by atoms with Gasteiger partial charge < -0.3 is 0 Å². The number of rotatable bonds is 2. The fraction of sp³-hybridized carbons (Fsp3) is 0.167. The molecule has 64 valence electrons. The lowest BCUT2D eigenvalue weighted by Gasteiger charge is -1.86. The predicted molar refractivity (Wildman–Crippen MR) is 59.0 cm³/mol. The molecule has 2 rings (SSSR count). The molecule has 0 aliphatic carbocycles. The smallest absolute Gasteiger partial charge is 0.0345 e. The Kier molecular flexibility index (Phi) is 2.33. The number of thiophene rings is 1. The van der Waals surface area contributed by atoms with E-state index in [1.807, 2.05) is 11.3 Å². The van der Waals surface area contributed by atoms with Gasteiger partial charge in [0, 0.05) is 16.0 Å². The van der Waals surface area contributed by atoms with Gasteiger partial charge >= 0.3 is 0 Å². The maximum Gasteiger partial charge on any atom is 0.0345 e. The number of benzene rings is 1. The summed E-state index contributed by atoms with van der Waals surface area (Å²) in [6.07, 6.45) is 7.08. The van der Waals surface area contributed by atoms with Crippen LogP contribution in [0.25, 0.3) is 10.1 Å². The number of hydrogen-bond acceptors (Lipinski definition) is 1. The van der Waals surface area contributed by atoms with E-state index in [9.17, 15) is 0 Å². The van der Waals surface area contributed by atoms with E-state index in [2.05, 4.69) is 36.3 Å². The quantitative estimate of drug-likeness (QED) is 0.630. The SMILES string of the molecule is C#CCCc1cc2ccccc2s1. The molecule has 0 atom stereocenters. The second-order valence-electron chi connectivity index (χ2n) is 2.95. The van der Waals surface area contributed by atoms with Crippen LogP contribution in [0.1, 0.15) is 11.3 Å². The third-order valence-electron chi connectivity index (χ3n) is 1.99. The number of terminal acetylenes is 1. The second kappa shape index (κ2) is 3.64. The molecule has 1 heteroatoms. The highest BCUT2D eigenvalue weighted by atomic mass is 32.1. The van der Waals surface area contributed by atoms with Crippen molar-refractivity contribution in [1.29, 1.82) is 0 Å². The fourth-order valence-electron chi connectivity index (χ4n) is 1.36. The highest BCUT2D eigenvalue weighted by Crippen LogP contribution is 2.25. The average molecular weight is 186 g/mol. The van der Waals surface area contributed by atoms with Crippen LogP contribution in [0.2, 0.25) is 0 Å². The summed E-state index contributed by atoms with van der Waals surface area (Å²) in [6, 6.07) is 10.7. The first-order valence-electron chi connectivity index (χ1n) is 4.31. The molecule has 0 radical (unpaired) electrons. The van der Waals surface area contributed by atoms with Gasteiger partial charge in [0.2, 0.25) is 0 Å². The molecule has 0 aliphatic heterocycles. The summed E-state index contributed by atoms with van der Waals surface area (Å²) in [7, 11) is 0. The topological polar surface area (TPSA) is 0 Å².